The molecule has 3 aliphatic carbocycles. The first-order chi connectivity index (χ1) is 17.1. The predicted octanol–water partition coefficient (Wildman–Crippen LogP) is 9.35. The molecule has 3 nitrogen and oxygen atoms in total. The van der Waals surface area contributed by atoms with Crippen LogP contribution in [0.25, 0.3) is 0 Å². The van der Waals surface area contributed by atoms with Crippen LogP contribution in [0.4, 0.5) is 0 Å². The molecule has 0 N–H and O–H groups in total. The highest BCUT2D eigenvalue weighted by Crippen LogP contribution is 2.63. The average Bonchev–Trinajstić information content (AvgIpc) is 2.89. The van der Waals surface area contributed by atoms with Crippen LogP contribution < -0.4 is 0 Å². The Bertz CT molecular complexity index is 521. The third kappa shape index (κ3) is 8.84. The zero-order chi connectivity index (χ0) is 24.8. The van der Waals surface area contributed by atoms with Crippen molar-refractivity contribution < 1.29 is 14.3 Å². The molecule has 0 saturated heterocycles. The second kappa shape index (κ2) is 15.8. The molecule has 0 aliphatic heterocycles. The lowest BCUT2D eigenvalue weighted by atomic mass is 9.44. The van der Waals surface area contributed by atoms with E-state index in [4.69, 9.17) is 9.47 Å². The first kappa shape index (κ1) is 29.2. The number of carbonyl (C=O) groups is 1. The molecule has 0 heterocycles. The van der Waals surface area contributed by atoms with Gasteiger partial charge in [0.25, 0.3) is 0 Å². The van der Waals surface area contributed by atoms with Gasteiger partial charge < -0.3 is 9.47 Å². The highest BCUT2D eigenvalue weighted by Gasteiger charge is 2.63. The van der Waals surface area contributed by atoms with Gasteiger partial charge in [0.2, 0.25) is 0 Å². The van der Waals surface area contributed by atoms with E-state index in [0.29, 0.717) is 18.0 Å². The molecule has 35 heavy (non-hydrogen) atoms. The Labute approximate surface area is 217 Å². The van der Waals surface area contributed by atoms with Crippen LogP contribution in [0.5, 0.6) is 0 Å². The highest BCUT2D eigenvalue weighted by molar-refractivity contribution is 5.96. The van der Waals surface area contributed by atoms with Crippen molar-refractivity contribution in [2.45, 2.75) is 174 Å². The number of ketones is 1. The fourth-order valence-corrected chi connectivity index (χ4v) is 7.31. The maximum absolute atomic E-state index is 13.5. The smallest absolute Gasteiger partial charge is 0.145 e. The largest absolute Gasteiger partial charge is 0.378 e. The van der Waals surface area contributed by atoms with Crippen LogP contribution in [0, 0.1) is 10.8 Å². The standard InChI is InChI=1S/C32H58O3/c1-3-5-7-9-11-13-15-25-34-28-17-21-31(22-18-28)27-32(30(31)33)23-19-29(20-24-32)35-26-16-14-12-10-8-6-4-2/h28-29H,3-27H2,1-2H3. The number of carbonyl (C=O) groups excluding carboxylic acids is 1. The molecular weight excluding hydrogens is 432 g/mol. The summed E-state index contributed by atoms with van der Waals surface area (Å²) in [6, 6.07) is 0. The molecule has 3 saturated carbocycles. The van der Waals surface area contributed by atoms with Crippen molar-refractivity contribution in [1.29, 1.82) is 0 Å². The van der Waals surface area contributed by atoms with Crippen LogP contribution in [-0.2, 0) is 14.3 Å². The van der Waals surface area contributed by atoms with Crippen molar-refractivity contribution in [3.63, 3.8) is 0 Å². The second-order valence-corrected chi connectivity index (χ2v) is 12.4. The van der Waals surface area contributed by atoms with Gasteiger partial charge in [0.05, 0.1) is 12.2 Å². The lowest BCUT2D eigenvalue weighted by molar-refractivity contribution is -0.173. The number of hydrogen-bond donors (Lipinski definition) is 0. The summed E-state index contributed by atoms with van der Waals surface area (Å²) in [4.78, 5) is 13.5. The van der Waals surface area contributed by atoms with Gasteiger partial charge in [0.1, 0.15) is 5.78 Å². The Morgan fingerprint density at radius 3 is 1.26 bits per heavy atom. The first-order valence-electron chi connectivity index (χ1n) is 15.9. The van der Waals surface area contributed by atoms with E-state index in [0.717, 1.165) is 71.0 Å². The molecule has 2 spiro atoms. The SMILES string of the molecule is CCCCCCCCCOC1CCC2(CC1)CC1(CCC(OCCCCCCCCC)CC1)C2=O. The van der Waals surface area contributed by atoms with Crippen molar-refractivity contribution in [1.82, 2.24) is 0 Å². The van der Waals surface area contributed by atoms with Gasteiger partial charge in [-0.15, -0.1) is 0 Å². The monoisotopic (exact) mass is 490 g/mol. The van der Waals surface area contributed by atoms with Gasteiger partial charge in [-0.1, -0.05) is 90.9 Å². The van der Waals surface area contributed by atoms with Gasteiger partial charge in [0.15, 0.2) is 0 Å². The lowest BCUT2D eigenvalue weighted by Gasteiger charge is -2.59. The van der Waals surface area contributed by atoms with E-state index in [-0.39, 0.29) is 10.8 Å². The molecule has 0 unspecified atom stereocenters. The van der Waals surface area contributed by atoms with Crippen molar-refractivity contribution in [3.8, 4) is 0 Å². The zero-order valence-electron chi connectivity index (χ0n) is 23.6. The van der Waals surface area contributed by atoms with E-state index in [1.807, 2.05) is 0 Å². The summed E-state index contributed by atoms with van der Waals surface area (Å²) in [5.41, 5.74) is 0.0369. The molecule has 3 rings (SSSR count). The van der Waals surface area contributed by atoms with Crippen LogP contribution in [0.15, 0.2) is 0 Å². The molecule has 3 heteroatoms. The van der Waals surface area contributed by atoms with E-state index >= 15 is 0 Å². The lowest BCUT2D eigenvalue weighted by Crippen LogP contribution is -2.60. The molecule has 0 aromatic rings. The maximum Gasteiger partial charge on any atom is 0.145 e. The number of ether oxygens (including phenoxy) is 2. The Morgan fingerprint density at radius 2 is 0.914 bits per heavy atom. The van der Waals surface area contributed by atoms with Crippen LogP contribution in [0.3, 0.4) is 0 Å². The van der Waals surface area contributed by atoms with E-state index in [9.17, 15) is 4.79 Å². The molecule has 3 aliphatic rings. The minimum Gasteiger partial charge on any atom is -0.378 e. The molecule has 0 amide bonds. The van der Waals surface area contributed by atoms with Crippen LogP contribution in [0.1, 0.15) is 162 Å². The third-order valence-corrected chi connectivity index (χ3v) is 9.62. The third-order valence-electron chi connectivity index (χ3n) is 9.62. The van der Waals surface area contributed by atoms with Gasteiger partial charge in [-0.3, -0.25) is 4.79 Å². The second-order valence-electron chi connectivity index (χ2n) is 12.4. The molecule has 204 valence electrons. The summed E-state index contributed by atoms with van der Waals surface area (Å²) in [6.07, 6.45) is 29.4. The van der Waals surface area contributed by atoms with E-state index < -0.39 is 0 Å². The number of unbranched alkanes of at least 4 members (excludes halogenated alkanes) is 12. The number of Topliss-reactive ketones (excluding diaryl/α,β-unsaturated/α-hetero) is 1. The quantitative estimate of drug-likeness (QED) is 0.179. The molecule has 0 aromatic heterocycles. The molecule has 0 aromatic carbocycles. The fraction of sp³-hybridized carbons (Fsp3) is 0.969. The Balaban J connectivity index is 1.22. The Hall–Kier alpha value is -0.410. The summed E-state index contributed by atoms with van der Waals surface area (Å²) < 4.78 is 12.4. The number of rotatable bonds is 18. The average molecular weight is 491 g/mol. The minimum absolute atomic E-state index is 0.0185. The van der Waals surface area contributed by atoms with E-state index in [1.165, 1.54) is 89.9 Å². The Kier molecular flexibility index (Phi) is 13.1. The van der Waals surface area contributed by atoms with Crippen LogP contribution in [0.2, 0.25) is 0 Å². The molecule has 0 bridgehead atoms. The van der Waals surface area contributed by atoms with Gasteiger partial charge in [0, 0.05) is 24.0 Å². The van der Waals surface area contributed by atoms with Gasteiger partial charge in [-0.05, 0) is 70.6 Å². The van der Waals surface area contributed by atoms with Crippen molar-refractivity contribution >= 4 is 5.78 Å². The molecule has 0 atom stereocenters. The van der Waals surface area contributed by atoms with Crippen LogP contribution >= 0.6 is 0 Å². The number of hydrogen-bond acceptors (Lipinski definition) is 3. The topological polar surface area (TPSA) is 35.5 Å². The minimum atomic E-state index is 0.0185. The van der Waals surface area contributed by atoms with Gasteiger partial charge in [-0.25, -0.2) is 0 Å². The fourth-order valence-electron chi connectivity index (χ4n) is 7.31. The molecule has 0 radical (unpaired) electrons. The summed E-state index contributed by atoms with van der Waals surface area (Å²) in [5, 5.41) is 0. The summed E-state index contributed by atoms with van der Waals surface area (Å²) in [7, 11) is 0. The van der Waals surface area contributed by atoms with E-state index in [2.05, 4.69) is 13.8 Å². The van der Waals surface area contributed by atoms with E-state index in [1.54, 1.807) is 0 Å². The highest BCUT2D eigenvalue weighted by atomic mass is 16.5. The molecular formula is C32H58O3. The predicted molar refractivity (Wildman–Crippen MR) is 147 cm³/mol. The summed E-state index contributed by atoms with van der Waals surface area (Å²) in [6.45, 7) is 6.39. The van der Waals surface area contributed by atoms with Gasteiger partial charge >= 0.3 is 0 Å². The Morgan fingerprint density at radius 1 is 0.571 bits per heavy atom. The molecule has 3 fully saturated rings. The summed E-state index contributed by atoms with van der Waals surface area (Å²) >= 11 is 0. The van der Waals surface area contributed by atoms with Crippen molar-refractivity contribution in [2.75, 3.05) is 13.2 Å². The van der Waals surface area contributed by atoms with Crippen molar-refractivity contribution in [3.05, 3.63) is 0 Å². The van der Waals surface area contributed by atoms with Gasteiger partial charge in [-0.2, -0.15) is 0 Å². The maximum atomic E-state index is 13.5. The normalized spacial score (nSPS) is 30.7. The zero-order valence-corrected chi connectivity index (χ0v) is 23.6. The first-order valence-corrected chi connectivity index (χ1v) is 15.9. The van der Waals surface area contributed by atoms with Crippen LogP contribution in [-0.4, -0.2) is 31.2 Å². The van der Waals surface area contributed by atoms with Crippen molar-refractivity contribution in [2.24, 2.45) is 10.8 Å². The summed E-state index contributed by atoms with van der Waals surface area (Å²) in [5.74, 6) is 0.626.